The summed E-state index contributed by atoms with van der Waals surface area (Å²) in [6, 6.07) is 13.1. The van der Waals surface area contributed by atoms with Crippen molar-refractivity contribution in [3.63, 3.8) is 0 Å². The molecule has 3 aromatic rings. The van der Waals surface area contributed by atoms with Crippen molar-refractivity contribution in [2.45, 2.75) is 4.34 Å². The number of aromatic nitrogens is 2. The topological polar surface area (TPSA) is 54.9 Å². The van der Waals surface area contributed by atoms with Gasteiger partial charge in [-0.3, -0.25) is 4.79 Å². The largest absolute Gasteiger partial charge is 0.328 e. The van der Waals surface area contributed by atoms with Crippen LogP contribution >= 0.6 is 34.7 Å². The first-order valence-corrected chi connectivity index (χ1v) is 9.06. The molecule has 0 aliphatic heterocycles. The molecular formula is C16H11ClFN3OS2. The Balaban J connectivity index is 1.59. The van der Waals surface area contributed by atoms with Crippen LogP contribution in [0.4, 0.5) is 15.2 Å². The van der Waals surface area contributed by atoms with Gasteiger partial charge in [-0.05, 0) is 36.4 Å². The van der Waals surface area contributed by atoms with Crippen LogP contribution in [0.3, 0.4) is 0 Å². The Morgan fingerprint density at radius 2 is 1.92 bits per heavy atom. The zero-order valence-electron chi connectivity index (χ0n) is 12.2. The van der Waals surface area contributed by atoms with Gasteiger partial charge in [-0.25, -0.2) is 4.39 Å². The normalized spacial score (nSPS) is 10.6. The molecule has 4 nitrogen and oxygen atoms in total. The molecule has 0 spiro atoms. The summed E-state index contributed by atoms with van der Waals surface area (Å²) in [6.45, 7) is 0. The molecule has 2 aromatic carbocycles. The standard InChI is InChI=1S/C16H11ClFN3OS2/c17-11-7-5-10(6-8-11)14(22)9-23-16-21-20-15(24-16)19-13-4-2-1-3-12(13)18/h1-8H,9H2,(H,19,20). The third kappa shape index (κ3) is 4.31. The summed E-state index contributed by atoms with van der Waals surface area (Å²) in [4.78, 5) is 12.1. The monoisotopic (exact) mass is 379 g/mol. The maximum Gasteiger partial charge on any atom is 0.210 e. The highest BCUT2D eigenvalue weighted by Gasteiger charge is 2.11. The Hall–Kier alpha value is -1.96. The number of anilines is 2. The van der Waals surface area contributed by atoms with Crippen LogP contribution in [0.25, 0.3) is 0 Å². The van der Waals surface area contributed by atoms with E-state index in [0.717, 1.165) is 0 Å². The third-order valence-electron chi connectivity index (χ3n) is 3.01. The van der Waals surface area contributed by atoms with E-state index < -0.39 is 0 Å². The number of nitrogens with zero attached hydrogens (tertiary/aromatic N) is 2. The number of hydrogen-bond donors (Lipinski definition) is 1. The molecule has 0 bridgehead atoms. The number of Topliss-reactive ketones (excluding diaryl/α,β-unsaturated/α-hetero) is 1. The fourth-order valence-corrected chi connectivity index (χ4v) is 3.63. The number of nitrogens with one attached hydrogen (secondary N) is 1. The van der Waals surface area contributed by atoms with Crippen molar-refractivity contribution >= 4 is 51.3 Å². The number of benzene rings is 2. The molecular weight excluding hydrogens is 369 g/mol. The number of carbonyl (C=O) groups is 1. The summed E-state index contributed by atoms with van der Waals surface area (Å²) in [5, 5.41) is 11.9. The Bertz CT molecular complexity index is 855. The number of para-hydroxylation sites is 1. The van der Waals surface area contributed by atoms with Gasteiger partial charge in [0.1, 0.15) is 5.82 Å². The van der Waals surface area contributed by atoms with E-state index in [0.29, 0.717) is 25.7 Å². The van der Waals surface area contributed by atoms with Gasteiger partial charge in [-0.2, -0.15) is 0 Å². The van der Waals surface area contributed by atoms with Crippen molar-refractivity contribution in [3.8, 4) is 0 Å². The van der Waals surface area contributed by atoms with Crippen molar-refractivity contribution in [2.24, 2.45) is 0 Å². The van der Waals surface area contributed by atoms with Gasteiger partial charge in [0.05, 0.1) is 11.4 Å². The Morgan fingerprint density at radius 3 is 2.67 bits per heavy atom. The summed E-state index contributed by atoms with van der Waals surface area (Å²) < 4.78 is 14.2. The third-order valence-corrected chi connectivity index (χ3v) is 5.24. The van der Waals surface area contributed by atoms with Gasteiger partial charge in [-0.1, -0.05) is 46.8 Å². The van der Waals surface area contributed by atoms with Crippen LogP contribution in [0.2, 0.25) is 5.02 Å². The highest BCUT2D eigenvalue weighted by molar-refractivity contribution is 8.01. The lowest BCUT2D eigenvalue weighted by Gasteiger charge is -2.02. The molecule has 0 radical (unpaired) electrons. The van der Waals surface area contributed by atoms with E-state index in [-0.39, 0.29) is 17.4 Å². The summed E-state index contributed by atoms with van der Waals surface area (Å²) in [6.07, 6.45) is 0. The van der Waals surface area contributed by atoms with Crippen LogP contribution in [-0.2, 0) is 0 Å². The molecule has 0 atom stereocenters. The van der Waals surface area contributed by atoms with Crippen molar-refractivity contribution < 1.29 is 9.18 Å². The summed E-state index contributed by atoms with van der Waals surface area (Å²) in [5.41, 5.74) is 0.934. The highest BCUT2D eigenvalue weighted by Crippen LogP contribution is 2.29. The number of ketones is 1. The van der Waals surface area contributed by atoms with Gasteiger partial charge in [0.2, 0.25) is 5.13 Å². The molecule has 0 saturated heterocycles. The zero-order valence-corrected chi connectivity index (χ0v) is 14.6. The quantitative estimate of drug-likeness (QED) is 0.479. The lowest BCUT2D eigenvalue weighted by atomic mass is 10.1. The minimum Gasteiger partial charge on any atom is -0.328 e. The molecule has 1 aromatic heterocycles. The minimum atomic E-state index is -0.361. The van der Waals surface area contributed by atoms with Crippen molar-refractivity contribution in [3.05, 3.63) is 64.9 Å². The van der Waals surface area contributed by atoms with Crippen LogP contribution in [0.15, 0.2) is 52.9 Å². The summed E-state index contributed by atoms with van der Waals surface area (Å²) in [7, 11) is 0. The molecule has 24 heavy (non-hydrogen) atoms. The second-order valence-corrected chi connectivity index (χ2v) is 7.33. The zero-order chi connectivity index (χ0) is 16.9. The van der Waals surface area contributed by atoms with E-state index in [4.69, 9.17) is 11.6 Å². The van der Waals surface area contributed by atoms with Crippen molar-refractivity contribution in [1.29, 1.82) is 0 Å². The Kier molecular flexibility index (Phi) is 5.44. The molecule has 0 unspecified atom stereocenters. The van der Waals surface area contributed by atoms with E-state index >= 15 is 0 Å². The number of carbonyl (C=O) groups excluding carboxylic acids is 1. The first-order valence-electron chi connectivity index (χ1n) is 6.88. The van der Waals surface area contributed by atoms with Crippen molar-refractivity contribution in [2.75, 3.05) is 11.1 Å². The fraction of sp³-hybridized carbons (Fsp3) is 0.0625. The van der Waals surface area contributed by atoms with E-state index in [1.54, 1.807) is 42.5 Å². The van der Waals surface area contributed by atoms with Crippen LogP contribution in [0.1, 0.15) is 10.4 Å². The molecule has 0 amide bonds. The van der Waals surface area contributed by atoms with Gasteiger partial charge in [0, 0.05) is 10.6 Å². The molecule has 0 aliphatic rings. The second kappa shape index (κ2) is 7.74. The maximum atomic E-state index is 13.6. The van der Waals surface area contributed by atoms with Gasteiger partial charge < -0.3 is 5.32 Å². The average Bonchev–Trinajstić information content (AvgIpc) is 3.03. The summed E-state index contributed by atoms with van der Waals surface area (Å²) in [5.74, 6) is -0.133. The first-order chi connectivity index (χ1) is 11.6. The van der Waals surface area contributed by atoms with Gasteiger partial charge >= 0.3 is 0 Å². The van der Waals surface area contributed by atoms with Gasteiger partial charge in [-0.15, -0.1) is 10.2 Å². The fourth-order valence-electron chi connectivity index (χ4n) is 1.84. The highest BCUT2D eigenvalue weighted by atomic mass is 35.5. The number of thioether (sulfide) groups is 1. The molecule has 3 rings (SSSR count). The van der Waals surface area contributed by atoms with Crippen molar-refractivity contribution in [1.82, 2.24) is 10.2 Å². The number of hydrogen-bond acceptors (Lipinski definition) is 6. The number of rotatable bonds is 6. The van der Waals surface area contributed by atoms with Crippen LogP contribution in [-0.4, -0.2) is 21.7 Å². The SMILES string of the molecule is O=C(CSc1nnc(Nc2ccccc2F)s1)c1ccc(Cl)cc1. The smallest absolute Gasteiger partial charge is 0.210 e. The van der Waals surface area contributed by atoms with E-state index in [1.807, 2.05) is 0 Å². The van der Waals surface area contributed by atoms with Gasteiger partial charge in [0.15, 0.2) is 10.1 Å². The lowest BCUT2D eigenvalue weighted by Crippen LogP contribution is -2.01. The molecule has 1 heterocycles. The molecule has 0 aliphatic carbocycles. The van der Waals surface area contributed by atoms with E-state index in [9.17, 15) is 9.18 Å². The predicted molar refractivity (Wildman–Crippen MR) is 96.1 cm³/mol. The molecule has 122 valence electrons. The second-order valence-electron chi connectivity index (χ2n) is 4.70. The van der Waals surface area contributed by atoms with Gasteiger partial charge in [0.25, 0.3) is 0 Å². The van der Waals surface area contributed by atoms with Crippen LogP contribution in [0, 0.1) is 5.82 Å². The Labute approximate surface area is 151 Å². The molecule has 0 fully saturated rings. The maximum absolute atomic E-state index is 13.6. The Morgan fingerprint density at radius 1 is 1.17 bits per heavy atom. The van der Waals surface area contributed by atoms with E-state index in [2.05, 4.69) is 15.5 Å². The molecule has 0 saturated carbocycles. The first kappa shape index (κ1) is 16.9. The molecule has 8 heteroatoms. The lowest BCUT2D eigenvalue weighted by molar-refractivity contribution is 0.102. The number of halogens is 2. The molecule has 1 N–H and O–H groups in total. The minimum absolute atomic E-state index is 0.0181. The predicted octanol–water partition coefficient (Wildman–Crippen LogP) is 5.05. The van der Waals surface area contributed by atoms with Crippen LogP contribution in [0.5, 0.6) is 0 Å². The van der Waals surface area contributed by atoms with E-state index in [1.165, 1.54) is 29.2 Å². The van der Waals surface area contributed by atoms with Crippen LogP contribution < -0.4 is 5.32 Å². The summed E-state index contributed by atoms with van der Waals surface area (Å²) >= 11 is 8.36. The average molecular weight is 380 g/mol.